The van der Waals surface area contributed by atoms with E-state index in [-0.39, 0.29) is 12.0 Å². The first-order valence-corrected chi connectivity index (χ1v) is 7.77. The molecule has 0 saturated heterocycles. The topological polar surface area (TPSA) is 195 Å². The van der Waals surface area contributed by atoms with Gasteiger partial charge in [-0.15, -0.1) is 0 Å². The Morgan fingerprint density at radius 3 is 2.46 bits per heavy atom. The number of carboxylic acids is 1. The molecule has 2 rings (SSSR count). The van der Waals surface area contributed by atoms with Crippen LogP contribution in [0, 0.1) is 0 Å². The lowest BCUT2D eigenvalue weighted by Crippen LogP contribution is -2.62. The van der Waals surface area contributed by atoms with E-state index in [1.807, 2.05) is 5.43 Å². The molecule has 0 radical (unpaired) electrons. The minimum Gasteiger partial charge on any atom is -0.504 e. The van der Waals surface area contributed by atoms with Gasteiger partial charge in [0, 0.05) is 6.42 Å². The fraction of sp³-hybridized carbons (Fsp3) is 0.273. The Morgan fingerprint density at radius 1 is 1.25 bits per heavy atom. The molecule has 0 aromatic heterocycles. The number of ether oxygens (including phenoxy) is 1. The van der Waals surface area contributed by atoms with Crippen LogP contribution in [0.1, 0.15) is 11.1 Å². The summed E-state index contributed by atoms with van der Waals surface area (Å²) in [5.41, 5.74) is 2.92. The average Bonchev–Trinajstić information content (AvgIpc) is 2.44. The normalized spacial score (nSPS) is 19.1. The van der Waals surface area contributed by atoms with Crippen LogP contribution in [0.25, 0.3) is 0 Å². The number of carbonyl (C=O) groups is 2. The molecule has 0 saturated carbocycles. The average molecular weight is 364 g/mol. The van der Waals surface area contributed by atoms with E-state index in [0.29, 0.717) is 5.56 Å². The number of carboxylic acid groups (broad SMARTS) is 1. The molecule has 7 N–H and O–H groups in total. The van der Waals surface area contributed by atoms with Gasteiger partial charge in [-0.25, -0.2) is 24.1 Å². The standard InChI is InChI=1S/C11H13N2O10P/c14-7-1-5-3-11(9(16)17,6(5)2-8(7)15)13-12-10(18)22-4-23-24(19,20)21/h1-2,13-15H,3-4H2,(H,12,18)(H,16,17)(H2,19,20,21)/t11-/m1/s1. The van der Waals surface area contributed by atoms with Crippen LogP contribution in [0.4, 0.5) is 4.79 Å². The summed E-state index contributed by atoms with van der Waals surface area (Å²) in [4.78, 5) is 39.7. The van der Waals surface area contributed by atoms with Gasteiger partial charge in [0.05, 0.1) is 0 Å². The number of carbonyl (C=O) groups excluding carboxylic acids is 1. The van der Waals surface area contributed by atoms with E-state index in [2.05, 4.69) is 14.7 Å². The minimum atomic E-state index is -4.81. The molecule has 0 bridgehead atoms. The number of phosphoric acid groups is 1. The first-order chi connectivity index (χ1) is 11.0. The van der Waals surface area contributed by atoms with Crippen molar-refractivity contribution >= 4 is 19.9 Å². The Hall–Kier alpha value is -2.37. The van der Waals surface area contributed by atoms with Crippen LogP contribution in [0.15, 0.2) is 12.1 Å². The molecule has 0 spiro atoms. The molecule has 24 heavy (non-hydrogen) atoms. The van der Waals surface area contributed by atoms with Crippen LogP contribution in [0.2, 0.25) is 0 Å². The molecular formula is C11H13N2O10P. The number of aromatic hydroxyl groups is 2. The number of benzene rings is 1. The van der Waals surface area contributed by atoms with Gasteiger partial charge in [-0.1, -0.05) is 0 Å². The third-order valence-electron chi connectivity index (χ3n) is 3.27. The Labute approximate surface area is 133 Å². The van der Waals surface area contributed by atoms with Crippen LogP contribution in [0.5, 0.6) is 11.5 Å². The van der Waals surface area contributed by atoms with Gasteiger partial charge >= 0.3 is 19.9 Å². The van der Waals surface area contributed by atoms with Gasteiger partial charge in [-0.3, -0.25) is 5.43 Å². The van der Waals surface area contributed by atoms with Gasteiger partial charge in [0.2, 0.25) is 6.79 Å². The molecule has 1 aliphatic rings. The van der Waals surface area contributed by atoms with Gasteiger partial charge < -0.3 is 29.8 Å². The molecule has 0 unspecified atom stereocenters. The molecule has 12 nitrogen and oxygen atoms in total. The minimum absolute atomic E-state index is 0.106. The Balaban J connectivity index is 2.01. The number of phosphoric ester groups is 1. The van der Waals surface area contributed by atoms with E-state index in [4.69, 9.17) is 9.79 Å². The Bertz CT molecular complexity index is 732. The fourth-order valence-corrected chi connectivity index (χ4v) is 2.33. The molecule has 132 valence electrons. The summed E-state index contributed by atoms with van der Waals surface area (Å²) in [6.45, 7) is -1.05. The highest BCUT2D eigenvalue weighted by atomic mass is 31.2. The van der Waals surface area contributed by atoms with Crippen molar-refractivity contribution in [2.75, 3.05) is 6.79 Å². The second kappa shape index (κ2) is 6.26. The molecule has 0 fully saturated rings. The van der Waals surface area contributed by atoms with Gasteiger partial charge in [-0.2, -0.15) is 0 Å². The lowest BCUT2D eigenvalue weighted by molar-refractivity contribution is -0.147. The lowest BCUT2D eigenvalue weighted by Gasteiger charge is -2.40. The monoisotopic (exact) mass is 364 g/mol. The predicted octanol–water partition coefficient (Wildman–Crippen LogP) is -0.769. The smallest absolute Gasteiger partial charge is 0.472 e. The largest absolute Gasteiger partial charge is 0.504 e. The second-order valence-corrected chi connectivity index (χ2v) is 6.04. The molecule has 1 amide bonds. The van der Waals surface area contributed by atoms with Gasteiger partial charge in [0.25, 0.3) is 0 Å². The molecule has 1 aromatic rings. The van der Waals surface area contributed by atoms with Crippen molar-refractivity contribution in [2.24, 2.45) is 0 Å². The summed E-state index contributed by atoms with van der Waals surface area (Å²) in [5, 5.41) is 28.2. The van der Waals surface area contributed by atoms with Gasteiger partial charge in [0.1, 0.15) is 0 Å². The number of fused-ring (bicyclic) bond motifs is 1. The maximum Gasteiger partial charge on any atom is 0.472 e. The Morgan fingerprint density at radius 2 is 1.88 bits per heavy atom. The van der Waals surface area contributed by atoms with Crippen LogP contribution < -0.4 is 10.9 Å². The van der Waals surface area contributed by atoms with Crippen molar-refractivity contribution in [3.63, 3.8) is 0 Å². The van der Waals surface area contributed by atoms with Crippen molar-refractivity contribution in [3.8, 4) is 11.5 Å². The summed E-state index contributed by atoms with van der Waals surface area (Å²) in [5.74, 6) is -2.31. The molecule has 0 aliphatic heterocycles. The number of phenolic OH excluding ortho intramolecular Hbond substituents is 2. The zero-order chi connectivity index (χ0) is 18.1. The molecule has 1 aromatic carbocycles. The highest BCUT2D eigenvalue weighted by molar-refractivity contribution is 7.46. The molecule has 0 heterocycles. The number of rotatable bonds is 6. The molecule has 1 aliphatic carbocycles. The van der Waals surface area contributed by atoms with Crippen molar-refractivity contribution in [1.29, 1.82) is 0 Å². The van der Waals surface area contributed by atoms with Gasteiger partial charge in [0.15, 0.2) is 17.0 Å². The lowest BCUT2D eigenvalue weighted by atomic mass is 9.70. The fourth-order valence-electron chi connectivity index (χ4n) is 2.14. The Kier molecular flexibility index (Phi) is 4.69. The van der Waals surface area contributed by atoms with E-state index in [1.54, 1.807) is 0 Å². The number of nitrogens with one attached hydrogen (secondary N) is 2. The summed E-state index contributed by atoms with van der Waals surface area (Å²) in [6, 6.07) is 2.24. The first kappa shape index (κ1) is 18.0. The van der Waals surface area contributed by atoms with E-state index in [9.17, 15) is 29.5 Å². The summed E-state index contributed by atoms with van der Waals surface area (Å²) < 4.78 is 18.6. The number of aliphatic carboxylic acids is 1. The van der Waals surface area contributed by atoms with Crippen molar-refractivity contribution in [2.45, 2.75) is 12.0 Å². The van der Waals surface area contributed by atoms with Crippen LogP contribution in [-0.2, 0) is 30.6 Å². The molecule has 1 atom stereocenters. The third kappa shape index (κ3) is 3.58. The van der Waals surface area contributed by atoms with Crippen molar-refractivity contribution in [1.82, 2.24) is 10.9 Å². The van der Waals surface area contributed by atoms with E-state index in [1.165, 1.54) is 6.07 Å². The predicted molar refractivity (Wildman–Crippen MR) is 73.5 cm³/mol. The van der Waals surface area contributed by atoms with Crippen LogP contribution in [-0.4, -0.2) is 44.0 Å². The van der Waals surface area contributed by atoms with Crippen molar-refractivity contribution < 1.29 is 48.5 Å². The quantitative estimate of drug-likeness (QED) is 0.145. The number of hydrogen-bond donors (Lipinski definition) is 7. The van der Waals surface area contributed by atoms with Gasteiger partial charge in [-0.05, 0) is 23.3 Å². The number of hydrogen-bond acceptors (Lipinski definition) is 8. The maximum absolute atomic E-state index is 11.5. The number of phenols is 2. The van der Waals surface area contributed by atoms with E-state index in [0.717, 1.165) is 6.07 Å². The summed E-state index contributed by atoms with van der Waals surface area (Å²) in [7, 11) is -4.81. The first-order valence-electron chi connectivity index (χ1n) is 6.24. The van der Waals surface area contributed by atoms with E-state index < -0.39 is 43.7 Å². The SMILES string of the molecule is O=C(NN[C@]1(C(=O)O)Cc2cc(O)c(O)cc21)OCOP(=O)(O)O. The number of amides is 1. The maximum atomic E-state index is 11.5. The third-order valence-corrected chi connectivity index (χ3v) is 3.71. The highest BCUT2D eigenvalue weighted by Gasteiger charge is 2.50. The van der Waals surface area contributed by atoms with Crippen LogP contribution >= 0.6 is 7.82 Å². The van der Waals surface area contributed by atoms with Crippen LogP contribution in [0.3, 0.4) is 0 Å². The van der Waals surface area contributed by atoms with Crippen molar-refractivity contribution in [3.05, 3.63) is 23.3 Å². The zero-order valence-electron chi connectivity index (χ0n) is 11.8. The summed E-state index contributed by atoms with van der Waals surface area (Å²) >= 11 is 0. The molecular weight excluding hydrogens is 351 g/mol. The second-order valence-electron chi connectivity index (χ2n) is 4.80. The van der Waals surface area contributed by atoms with E-state index >= 15 is 0 Å². The summed E-state index contributed by atoms with van der Waals surface area (Å²) in [6.07, 6.45) is -1.36. The highest BCUT2D eigenvalue weighted by Crippen LogP contribution is 2.44. The zero-order valence-corrected chi connectivity index (χ0v) is 12.7. The molecule has 13 heteroatoms. The number of hydrazine groups is 1.